The maximum absolute atomic E-state index is 12.5. The molecule has 0 saturated carbocycles. The second-order valence-electron chi connectivity index (χ2n) is 5.43. The number of carbonyl (C=O) groups excluding carboxylic acids is 1. The number of nitrogens with zero attached hydrogens (tertiary/aromatic N) is 2. The molecule has 24 heavy (non-hydrogen) atoms. The molecule has 0 bridgehead atoms. The van der Waals surface area contributed by atoms with Crippen LogP contribution >= 0.6 is 0 Å². The van der Waals surface area contributed by atoms with Gasteiger partial charge in [0.1, 0.15) is 12.8 Å². The summed E-state index contributed by atoms with van der Waals surface area (Å²) in [5, 5.41) is 11.6. The van der Waals surface area contributed by atoms with E-state index in [0.717, 1.165) is 28.1 Å². The van der Waals surface area contributed by atoms with Gasteiger partial charge in [0, 0.05) is 49.5 Å². The van der Waals surface area contributed by atoms with E-state index in [-0.39, 0.29) is 38.6 Å². The molecule has 0 aromatic heterocycles. The molecule has 1 radical (unpaired) electrons. The Kier molecular flexibility index (Phi) is 4.57. The molecule has 4 rings (SSSR count). The van der Waals surface area contributed by atoms with Crippen molar-refractivity contribution in [2.24, 2.45) is 5.16 Å². The van der Waals surface area contributed by atoms with Crippen LogP contribution in [0, 0.1) is 6.92 Å². The molecule has 2 aromatic carbocycles. The SMILES string of the molecule is CO/N=C1/C(=C2/C(=O)[N-]c3c(C)cccc32)Nc2ccccc21.[Y]. The molecule has 0 spiro atoms. The molecule has 1 amide bonds. The molecule has 1 N–H and O–H groups in total. The van der Waals surface area contributed by atoms with Crippen molar-refractivity contribution in [3.63, 3.8) is 0 Å². The van der Waals surface area contributed by atoms with Gasteiger partial charge in [0.25, 0.3) is 0 Å². The first kappa shape index (κ1) is 16.9. The van der Waals surface area contributed by atoms with E-state index in [4.69, 9.17) is 4.84 Å². The summed E-state index contributed by atoms with van der Waals surface area (Å²) < 4.78 is 0. The van der Waals surface area contributed by atoms with E-state index in [1.807, 2.05) is 49.4 Å². The zero-order valence-corrected chi connectivity index (χ0v) is 16.2. The minimum atomic E-state index is -0.256. The predicted octanol–water partition coefficient (Wildman–Crippen LogP) is 3.73. The standard InChI is InChI=1S/C18H15N3O2.Y/c1-10-6-5-8-12-14(18(22)20-15(10)12)17-16(21-23-2)11-7-3-4-9-13(11)19-17;/h3-9H,1-2H3,(H2,19,20,21,22);/p-1. The van der Waals surface area contributed by atoms with Crippen LogP contribution in [-0.2, 0) is 42.3 Å². The summed E-state index contributed by atoms with van der Waals surface area (Å²) in [7, 11) is 1.50. The Morgan fingerprint density at radius 1 is 1.08 bits per heavy atom. The second-order valence-corrected chi connectivity index (χ2v) is 5.43. The number of benzene rings is 2. The van der Waals surface area contributed by atoms with Crippen LogP contribution in [0.5, 0.6) is 0 Å². The van der Waals surface area contributed by atoms with Crippen LogP contribution in [0.3, 0.4) is 0 Å². The van der Waals surface area contributed by atoms with E-state index < -0.39 is 0 Å². The Labute approximate surface area is 165 Å². The predicted molar refractivity (Wildman–Crippen MR) is 89.7 cm³/mol. The van der Waals surface area contributed by atoms with E-state index in [1.165, 1.54) is 7.11 Å². The monoisotopic (exact) mass is 393 g/mol. The Hall–Kier alpha value is -1.98. The van der Waals surface area contributed by atoms with Crippen molar-refractivity contribution in [1.82, 2.24) is 0 Å². The maximum Gasteiger partial charge on any atom is 0.136 e. The van der Waals surface area contributed by atoms with Crippen molar-refractivity contribution in [1.29, 1.82) is 0 Å². The number of hydrogen-bond donors (Lipinski definition) is 1. The molecule has 0 unspecified atom stereocenters. The Balaban J connectivity index is 0.00000169. The van der Waals surface area contributed by atoms with Gasteiger partial charge in [-0.1, -0.05) is 47.1 Å². The number of nitrogens with one attached hydrogen (secondary N) is 1. The summed E-state index contributed by atoms with van der Waals surface area (Å²) in [6.45, 7) is 1.95. The van der Waals surface area contributed by atoms with Gasteiger partial charge in [0.15, 0.2) is 0 Å². The first-order chi connectivity index (χ1) is 11.2. The van der Waals surface area contributed by atoms with Crippen LogP contribution in [0.25, 0.3) is 10.9 Å². The van der Waals surface area contributed by atoms with Crippen molar-refractivity contribution in [2.45, 2.75) is 6.92 Å². The summed E-state index contributed by atoms with van der Waals surface area (Å²) in [6, 6.07) is 13.5. The summed E-state index contributed by atoms with van der Waals surface area (Å²) in [5.41, 5.74) is 6.15. The van der Waals surface area contributed by atoms with Gasteiger partial charge in [-0.05, 0) is 18.6 Å². The molecule has 0 saturated heterocycles. The molecule has 6 heteroatoms. The van der Waals surface area contributed by atoms with Crippen LogP contribution in [0.2, 0.25) is 0 Å². The van der Waals surface area contributed by atoms with Crippen molar-refractivity contribution < 1.29 is 42.3 Å². The van der Waals surface area contributed by atoms with Gasteiger partial charge >= 0.3 is 0 Å². The largest absolute Gasteiger partial charge is 0.622 e. The normalized spacial score (nSPS) is 19.2. The third-order valence-electron chi connectivity index (χ3n) is 4.05. The van der Waals surface area contributed by atoms with Crippen LogP contribution < -0.4 is 5.32 Å². The minimum absolute atomic E-state index is 0. The number of fused-ring (bicyclic) bond motifs is 2. The summed E-state index contributed by atoms with van der Waals surface area (Å²) in [5.74, 6) is -0.256. The van der Waals surface area contributed by atoms with Gasteiger partial charge in [0.05, 0.1) is 11.6 Å². The molecule has 2 aromatic rings. The molecule has 0 aliphatic carbocycles. The molecule has 5 nitrogen and oxygen atoms in total. The fourth-order valence-corrected chi connectivity index (χ4v) is 3.02. The smallest absolute Gasteiger partial charge is 0.136 e. The molecule has 2 aliphatic heterocycles. The van der Waals surface area contributed by atoms with Crippen LogP contribution in [0.1, 0.15) is 16.7 Å². The van der Waals surface area contributed by atoms with E-state index in [1.54, 1.807) is 0 Å². The van der Waals surface area contributed by atoms with E-state index in [0.29, 0.717) is 17.0 Å². The number of hydrogen-bond acceptors (Lipinski definition) is 4. The summed E-state index contributed by atoms with van der Waals surface area (Å²) in [4.78, 5) is 17.5. The zero-order valence-electron chi connectivity index (χ0n) is 13.3. The molecular weight excluding hydrogens is 379 g/mol. The van der Waals surface area contributed by atoms with Gasteiger partial charge in [0.2, 0.25) is 0 Å². The maximum atomic E-state index is 12.5. The number of aryl methyl sites for hydroxylation is 1. The molecule has 0 atom stereocenters. The quantitative estimate of drug-likeness (QED) is 0.593. The van der Waals surface area contributed by atoms with Crippen LogP contribution in [-0.4, -0.2) is 18.7 Å². The average Bonchev–Trinajstić information content (AvgIpc) is 3.06. The molecular formula is C18H14N3O2Y-. The van der Waals surface area contributed by atoms with Gasteiger partial charge in [-0.2, -0.15) is 0 Å². The number of carbonyl (C=O) groups is 1. The van der Waals surface area contributed by atoms with E-state index >= 15 is 0 Å². The van der Waals surface area contributed by atoms with Gasteiger partial charge in [-0.3, -0.25) is 0 Å². The van der Waals surface area contributed by atoms with Crippen molar-refractivity contribution in [3.05, 3.63) is 70.2 Å². The third-order valence-corrected chi connectivity index (χ3v) is 4.05. The van der Waals surface area contributed by atoms with Crippen molar-refractivity contribution in [2.75, 3.05) is 12.4 Å². The van der Waals surface area contributed by atoms with Crippen LogP contribution in [0.4, 0.5) is 11.4 Å². The average molecular weight is 393 g/mol. The minimum Gasteiger partial charge on any atom is -0.622 e. The molecule has 117 valence electrons. The number of amides is 1. The fraction of sp³-hybridized carbons (Fsp3) is 0.111. The summed E-state index contributed by atoms with van der Waals surface area (Å²) in [6.07, 6.45) is 0. The topological polar surface area (TPSA) is 64.8 Å². The van der Waals surface area contributed by atoms with Crippen molar-refractivity contribution in [3.8, 4) is 0 Å². The van der Waals surface area contributed by atoms with Gasteiger partial charge < -0.3 is 20.3 Å². The number of rotatable bonds is 1. The first-order valence-electron chi connectivity index (χ1n) is 7.29. The first-order valence-corrected chi connectivity index (χ1v) is 7.29. The molecule has 2 aliphatic rings. The fourth-order valence-electron chi connectivity index (χ4n) is 3.02. The molecule has 0 fully saturated rings. The Morgan fingerprint density at radius 2 is 1.83 bits per heavy atom. The Bertz CT molecular complexity index is 903. The molecule has 2 heterocycles. The number of allylic oxidation sites excluding steroid dienone is 1. The van der Waals surface area contributed by atoms with Gasteiger partial charge in [-0.25, -0.2) is 0 Å². The van der Waals surface area contributed by atoms with E-state index in [2.05, 4.69) is 15.8 Å². The van der Waals surface area contributed by atoms with E-state index in [9.17, 15) is 4.79 Å². The number of anilines is 1. The van der Waals surface area contributed by atoms with Gasteiger partial charge in [-0.15, -0.1) is 5.69 Å². The number of para-hydroxylation sites is 2. The Morgan fingerprint density at radius 3 is 2.62 bits per heavy atom. The zero-order chi connectivity index (χ0) is 16.0. The number of oxime groups is 1. The van der Waals surface area contributed by atoms with Crippen molar-refractivity contribution >= 4 is 28.6 Å². The van der Waals surface area contributed by atoms with Crippen LogP contribution in [0.15, 0.2) is 53.3 Å². The summed E-state index contributed by atoms with van der Waals surface area (Å²) >= 11 is 0. The third kappa shape index (κ3) is 2.48. The second kappa shape index (κ2) is 6.50.